The van der Waals surface area contributed by atoms with Crippen molar-refractivity contribution in [1.82, 2.24) is 5.32 Å². The Morgan fingerprint density at radius 1 is 1.08 bits per heavy atom. The fraction of sp³-hybridized carbons (Fsp3) is 0.263. The van der Waals surface area contributed by atoms with Gasteiger partial charge in [0.2, 0.25) is 0 Å². The number of benzene rings is 1. The topological polar surface area (TPSA) is 21.3 Å². The van der Waals surface area contributed by atoms with Gasteiger partial charge in [0, 0.05) is 19.0 Å². The lowest BCUT2D eigenvalue weighted by molar-refractivity contribution is -0.137. The van der Waals surface area contributed by atoms with E-state index in [1.807, 2.05) is 30.6 Å². The summed E-state index contributed by atoms with van der Waals surface area (Å²) in [7, 11) is 0. The highest BCUT2D eigenvalue weighted by Gasteiger charge is 2.30. The number of hydrogen-bond donors (Lipinski definition) is 1. The highest BCUT2D eigenvalue weighted by atomic mass is 35.5. The van der Waals surface area contributed by atoms with Crippen LogP contribution in [-0.4, -0.2) is 19.2 Å². The van der Waals surface area contributed by atoms with E-state index in [0.29, 0.717) is 12.5 Å². The molecular weight excluding hydrogens is 351 g/mol. The molecule has 0 bridgehead atoms. The molecule has 1 aliphatic carbocycles. The van der Waals surface area contributed by atoms with Crippen LogP contribution in [0, 0.1) is 5.92 Å². The minimum Gasteiger partial charge on any atom is -0.493 e. The average molecular weight is 370 g/mol. The van der Waals surface area contributed by atoms with Gasteiger partial charge < -0.3 is 10.1 Å². The monoisotopic (exact) mass is 369 g/mol. The molecule has 1 aromatic carbocycles. The Morgan fingerprint density at radius 2 is 1.80 bits per heavy atom. The summed E-state index contributed by atoms with van der Waals surface area (Å²) in [6.07, 6.45) is 9.50. The SMILES string of the molecule is Cl.FC(F)(F)c1ccc(/C=C/CNCC2=COC3C=CC=CC23)cc1. The van der Waals surface area contributed by atoms with Crippen molar-refractivity contribution in [2.45, 2.75) is 12.3 Å². The van der Waals surface area contributed by atoms with Gasteiger partial charge in [-0.05, 0) is 29.3 Å². The number of ether oxygens (including phenoxy) is 1. The maximum absolute atomic E-state index is 12.5. The highest BCUT2D eigenvalue weighted by molar-refractivity contribution is 5.85. The second-order valence-electron chi connectivity index (χ2n) is 5.74. The third-order valence-electron chi connectivity index (χ3n) is 4.03. The molecular formula is C19H19ClF3NO. The van der Waals surface area contributed by atoms with Crippen LogP contribution < -0.4 is 5.32 Å². The van der Waals surface area contributed by atoms with Gasteiger partial charge in [-0.2, -0.15) is 13.2 Å². The predicted octanol–water partition coefficient (Wildman–Crippen LogP) is 4.75. The molecule has 2 unspecified atom stereocenters. The van der Waals surface area contributed by atoms with Crippen molar-refractivity contribution in [1.29, 1.82) is 0 Å². The Morgan fingerprint density at radius 3 is 2.52 bits per heavy atom. The highest BCUT2D eigenvalue weighted by Crippen LogP contribution is 2.30. The van der Waals surface area contributed by atoms with Gasteiger partial charge in [0.15, 0.2) is 0 Å². The van der Waals surface area contributed by atoms with Crippen molar-refractivity contribution < 1.29 is 17.9 Å². The molecule has 25 heavy (non-hydrogen) atoms. The van der Waals surface area contributed by atoms with Crippen LogP contribution in [0.15, 0.2) is 66.5 Å². The van der Waals surface area contributed by atoms with E-state index in [0.717, 1.165) is 24.2 Å². The first-order chi connectivity index (χ1) is 11.5. The lowest BCUT2D eigenvalue weighted by Gasteiger charge is -2.17. The lowest BCUT2D eigenvalue weighted by Crippen LogP contribution is -2.23. The summed E-state index contributed by atoms with van der Waals surface area (Å²) < 4.78 is 43.0. The third kappa shape index (κ3) is 5.00. The minimum atomic E-state index is -4.29. The molecule has 134 valence electrons. The van der Waals surface area contributed by atoms with Gasteiger partial charge in [-0.25, -0.2) is 0 Å². The zero-order valence-corrected chi connectivity index (χ0v) is 14.2. The Hall–Kier alpha value is -1.98. The first kappa shape index (κ1) is 19.3. The second-order valence-corrected chi connectivity index (χ2v) is 5.74. The normalized spacial score (nSPS) is 21.6. The Kier molecular flexibility index (Phi) is 6.51. The van der Waals surface area contributed by atoms with Gasteiger partial charge in [-0.15, -0.1) is 12.4 Å². The van der Waals surface area contributed by atoms with Crippen LogP contribution in [0.1, 0.15) is 11.1 Å². The van der Waals surface area contributed by atoms with E-state index in [1.165, 1.54) is 17.7 Å². The number of rotatable bonds is 5. The van der Waals surface area contributed by atoms with E-state index < -0.39 is 11.7 Å². The molecule has 0 spiro atoms. The maximum atomic E-state index is 12.5. The van der Waals surface area contributed by atoms with Gasteiger partial charge in [0.1, 0.15) is 6.10 Å². The van der Waals surface area contributed by atoms with E-state index in [1.54, 1.807) is 6.08 Å². The number of nitrogens with one attached hydrogen (secondary N) is 1. The molecule has 0 fully saturated rings. The maximum Gasteiger partial charge on any atom is 0.416 e. The Balaban J connectivity index is 0.00000225. The number of alkyl halides is 3. The first-order valence-electron chi connectivity index (χ1n) is 7.78. The number of hydrogen-bond acceptors (Lipinski definition) is 2. The summed E-state index contributed by atoms with van der Waals surface area (Å²) >= 11 is 0. The van der Waals surface area contributed by atoms with E-state index in [4.69, 9.17) is 4.74 Å². The van der Waals surface area contributed by atoms with Crippen molar-refractivity contribution in [2.24, 2.45) is 5.92 Å². The molecule has 0 saturated heterocycles. The molecule has 1 aliphatic heterocycles. The molecule has 2 atom stereocenters. The van der Waals surface area contributed by atoms with Gasteiger partial charge in [-0.1, -0.05) is 42.5 Å². The Labute approximate surface area is 151 Å². The summed E-state index contributed by atoms with van der Waals surface area (Å²) in [4.78, 5) is 0. The van der Waals surface area contributed by atoms with Gasteiger partial charge in [-0.3, -0.25) is 0 Å². The first-order valence-corrected chi connectivity index (χ1v) is 7.78. The van der Waals surface area contributed by atoms with Crippen LogP contribution in [-0.2, 0) is 10.9 Å². The molecule has 0 radical (unpaired) electrons. The molecule has 3 rings (SSSR count). The summed E-state index contributed by atoms with van der Waals surface area (Å²) in [6, 6.07) is 5.13. The smallest absolute Gasteiger partial charge is 0.416 e. The summed E-state index contributed by atoms with van der Waals surface area (Å²) in [5.74, 6) is 0.293. The van der Waals surface area contributed by atoms with Crippen molar-refractivity contribution in [2.75, 3.05) is 13.1 Å². The molecule has 1 aromatic rings. The standard InChI is InChI=1S/C19H18F3NO.ClH/c20-19(21,22)16-9-7-14(8-10-16)4-3-11-23-12-15-13-24-18-6-2-1-5-17(15)18;/h1-10,13,17-18,23H,11-12H2;1H/b4-3+;. The molecule has 0 saturated carbocycles. The molecule has 2 aliphatic rings. The van der Waals surface area contributed by atoms with Crippen LogP contribution in [0.4, 0.5) is 13.2 Å². The summed E-state index contributed by atoms with van der Waals surface area (Å²) in [6.45, 7) is 1.35. The van der Waals surface area contributed by atoms with Crippen molar-refractivity contribution in [3.63, 3.8) is 0 Å². The fourth-order valence-corrected chi connectivity index (χ4v) is 2.73. The van der Waals surface area contributed by atoms with Crippen LogP contribution in [0.2, 0.25) is 0 Å². The summed E-state index contributed by atoms with van der Waals surface area (Å²) in [5.41, 5.74) is 1.31. The van der Waals surface area contributed by atoms with Crippen LogP contribution in [0.25, 0.3) is 6.08 Å². The van der Waals surface area contributed by atoms with Crippen molar-refractivity contribution >= 4 is 18.5 Å². The lowest BCUT2D eigenvalue weighted by atomic mass is 9.92. The second kappa shape index (κ2) is 8.41. The van der Waals surface area contributed by atoms with E-state index in [-0.39, 0.29) is 18.5 Å². The molecule has 1 N–H and O–H groups in total. The van der Waals surface area contributed by atoms with E-state index >= 15 is 0 Å². The van der Waals surface area contributed by atoms with Gasteiger partial charge in [0.25, 0.3) is 0 Å². The van der Waals surface area contributed by atoms with Crippen LogP contribution in [0.3, 0.4) is 0 Å². The van der Waals surface area contributed by atoms with Crippen LogP contribution >= 0.6 is 12.4 Å². The molecule has 0 amide bonds. The van der Waals surface area contributed by atoms with Gasteiger partial charge in [0.05, 0.1) is 11.8 Å². The van der Waals surface area contributed by atoms with E-state index in [2.05, 4.69) is 11.4 Å². The van der Waals surface area contributed by atoms with Gasteiger partial charge >= 0.3 is 6.18 Å². The summed E-state index contributed by atoms with van der Waals surface area (Å²) in [5, 5.41) is 3.29. The average Bonchev–Trinajstić information content (AvgIpc) is 2.97. The molecule has 6 heteroatoms. The Bertz CT molecular complexity index is 690. The molecule has 1 heterocycles. The fourth-order valence-electron chi connectivity index (χ4n) is 2.73. The zero-order valence-electron chi connectivity index (χ0n) is 13.4. The largest absolute Gasteiger partial charge is 0.493 e. The quantitative estimate of drug-likeness (QED) is 0.756. The molecule has 0 aromatic heterocycles. The van der Waals surface area contributed by atoms with Crippen molar-refractivity contribution in [3.05, 3.63) is 77.6 Å². The number of allylic oxidation sites excluding steroid dienone is 2. The minimum absolute atomic E-state index is 0. The zero-order chi connectivity index (χ0) is 17.0. The third-order valence-corrected chi connectivity index (χ3v) is 4.03. The number of fused-ring (bicyclic) bond motifs is 1. The van der Waals surface area contributed by atoms with E-state index in [9.17, 15) is 13.2 Å². The van der Waals surface area contributed by atoms with Crippen LogP contribution in [0.5, 0.6) is 0 Å². The number of halogens is 4. The van der Waals surface area contributed by atoms with Crippen molar-refractivity contribution in [3.8, 4) is 0 Å². The predicted molar refractivity (Wildman–Crippen MR) is 95.3 cm³/mol. The molecule has 2 nitrogen and oxygen atoms in total.